The fourth-order valence-electron chi connectivity index (χ4n) is 5.26. The Morgan fingerprint density at radius 2 is 1.76 bits per heavy atom. The predicted octanol–water partition coefficient (Wildman–Crippen LogP) is 5.89. The maximum atomic E-state index is 15.5. The third-order valence-electron chi connectivity index (χ3n) is 7.29. The molecule has 0 saturated carbocycles. The van der Waals surface area contributed by atoms with Crippen LogP contribution in [-0.4, -0.2) is 58.6 Å². The Morgan fingerprint density at radius 1 is 1.08 bits per heavy atom. The van der Waals surface area contributed by atoms with Crippen LogP contribution in [0.3, 0.4) is 0 Å². The third kappa shape index (κ3) is 4.64. The Kier molecular flexibility index (Phi) is 6.46. The first-order valence-corrected chi connectivity index (χ1v) is 12.9. The summed E-state index contributed by atoms with van der Waals surface area (Å²) in [6.45, 7) is 7.59. The zero-order valence-electron chi connectivity index (χ0n) is 21.5. The lowest BCUT2D eigenvalue weighted by atomic mass is 9.72. The maximum Gasteiger partial charge on any atom is 0.410 e. The van der Waals surface area contributed by atoms with Crippen LogP contribution in [0.25, 0.3) is 22.0 Å². The number of anilines is 1. The number of aromatic nitrogens is 1. The Hall–Kier alpha value is -3.46. The lowest BCUT2D eigenvalue weighted by Gasteiger charge is -2.53. The first-order valence-electron chi connectivity index (χ1n) is 12.5. The number of likely N-dealkylation sites (tertiary alicyclic amines) is 2. The lowest BCUT2D eigenvalue weighted by Crippen LogP contribution is -2.62. The zero-order valence-corrected chi connectivity index (χ0v) is 22.2. The molecule has 200 valence electrons. The Bertz CT molecular complexity index is 1440. The summed E-state index contributed by atoms with van der Waals surface area (Å²) in [6.07, 6.45) is 2.37. The molecule has 2 fully saturated rings. The number of rotatable bonds is 2. The minimum absolute atomic E-state index is 0.0243. The van der Waals surface area contributed by atoms with Gasteiger partial charge in [0.15, 0.2) is 5.82 Å². The number of benzene rings is 2. The van der Waals surface area contributed by atoms with Gasteiger partial charge in [-0.3, -0.25) is 9.78 Å². The first-order chi connectivity index (χ1) is 17.9. The van der Waals surface area contributed by atoms with E-state index in [1.54, 1.807) is 34.1 Å². The van der Waals surface area contributed by atoms with Crippen molar-refractivity contribution in [2.45, 2.75) is 39.2 Å². The lowest BCUT2D eigenvalue weighted by molar-refractivity contribution is -0.0563. The molecule has 2 aliphatic heterocycles. The molecular weight excluding hydrogens is 514 g/mol. The van der Waals surface area contributed by atoms with E-state index in [2.05, 4.69) is 4.98 Å². The van der Waals surface area contributed by atoms with E-state index in [0.29, 0.717) is 49.8 Å². The van der Waals surface area contributed by atoms with Crippen molar-refractivity contribution in [3.05, 3.63) is 58.7 Å². The molecule has 2 amide bonds. The Labute approximate surface area is 224 Å². The van der Waals surface area contributed by atoms with Gasteiger partial charge in [-0.05, 0) is 45.1 Å². The van der Waals surface area contributed by atoms with Crippen LogP contribution >= 0.6 is 11.6 Å². The molecule has 0 aliphatic carbocycles. The van der Waals surface area contributed by atoms with E-state index in [0.717, 1.165) is 0 Å². The second kappa shape index (κ2) is 9.38. The molecule has 1 spiro atoms. The van der Waals surface area contributed by atoms with E-state index in [1.165, 1.54) is 12.3 Å². The van der Waals surface area contributed by atoms with Crippen molar-refractivity contribution in [3.63, 3.8) is 0 Å². The number of carbonyl (C=O) groups is 2. The minimum atomic E-state index is -0.857. The summed E-state index contributed by atoms with van der Waals surface area (Å²) in [4.78, 5) is 33.1. The highest BCUT2D eigenvalue weighted by atomic mass is 35.5. The van der Waals surface area contributed by atoms with Crippen LogP contribution in [0.5, 0.6) is 0 Å². The van der Waals surface area contributed by atoms with Gasteiger partial charge in [-0.15, -0.1) is 0 Å². The molecule has 2 saturated heterocycles. The fourth-order valence-corrected chi connectivity index (χ4v) is 5.53. The Balaban J connectivity index is 1.31. The minimum Gasteiger partial charge on any atom is -0.444 e. The quantitative estimate of drug-likeness (QED) is 0.436. The first kappa shape index (κ1) is 26.2. The van der Waals surface area contributed by atoms with Gasteiger partial charge in [0.25, 0.3) is 5.91 Å². The molecular formula is C28H29ClF2N4O3. The van der Waals surface area contributed by atoms with Gasteiger partial charge in [0.05, 0.1) is 16.3 Å². The highest BCUT2D eigenvalue weighted by Crippen LogP contribution is 2.42. The van der Waals surface area contributed by atoms with Crippen molar-refractivity contribution in [3.8, 4) is 11.3 Å². The van der Waals surface area contributed by atoms with Crippen LogP contribution in [0.1, 0.15) is 44.0 Å². The monoisotopic (exact) mass is 542 g/mol. The number of pyridine rings is 1. The maximum absolute atomic E-state index is 15.5. The van der Waals surface area contributed by atoms with Crippen LogP contribution in [0.2, 0.25) is 5.02 Å². The number of halogens is 3. The second-order valence-electron chi connectivity index (χ2n) is 11.1. The summed E-state index contributed by atoms with van der Waals surface area (Å²) in [6, 6.07) is 7.81. The van der Waals surface area contributed by atoms with Gasteiger partial charge in [0.2, 0.25) is 0 Å². The van der Waals surface area contributed by atoms with Crippen LogP contribution < -0.4 is 5.73 Å². The van der Waals surface area contributed by atoms with Gasteiger partial charge in [-0.1, -0.05) is 35.9 Å². The van der Waals surface area contributed by atoms with E-state index in [4.69, 9.17) is 22.1 Å². The summed E-state index contributed by atoms with van der Waals surface area (Å²) in [5, 5.41) is 0.806. The number of piperidine rings is 1. The van der Waals surface area contributed by atoms with Gasteiger partial charge in [-0.2, -0.15) is 0 Å². The molecule has 0 bridgehead atoms. The highest BCUT2D eigenvalue weighted by Gasteiger charge is 2.48. The van der Waals surface area contributed by atoms with E-state index >= 15 is 4.39 Å². The molecule has 2 aromatic carbocycles. The summed E-state index contributed by atoms with van der Waals surface area (Å²) >= 11 is 6.20. The van der Waals surface area contributed by atoms with Gasteiger partial charge in [0.1, 0.15) is 17.1 Å². The number of nitrogens with zero attached hydrogens (tertiary/aromatic N) is 3. The number of nitrogen functional groups attached to an aromatic ring is 1. The largest absolute Gasteiger partial charge is 0.444 e. The summed E-state index contributed by atoms with van der Waals surface area (Å²) < 4.78 is 35.1. The summed E-state index contributed by atoms with van der Waals surface area (Å²) in [5.41, 5.74) is 5.35. The number of ether oxygens (including phenoxy) is 1. The summed E-state index contributed by atoms with van der Waals surface area (Å²) in [7, 11) is 0. The Morgan fingerprint density at radius 3 is 2.42 bits per heavy atom. The van der Waals surface area contributed by atoms with Crippen LogP contribution in [-0.2, 0) is 4.74 Å². The molecule has 10 heteroatoms. The van der Waals surface area contributed by atoms with Crippen molar-refractivity contribution in [1.82, 2.24) is 14.8 Å². The molecule has 2 aliphatic rings. The topological polar surface area (TPSA) is 88.8 Å². The van der Waals surface area contributed by atoms with Crippen LogP contribution in [0.15, 0.2) is 36.5 Å². The number of amides is 2. The van der Waals surface area contributed by atoms with Crippen molar-refractivity contribution in [1.29, 1.82) is 0 Å². The van der Waals surface area contributed by atoms with E-state index in [-0.39, 0.29) is 39.0 Å². The molecule has 2 N–H and O–H groups in total. The normalized spacial score (nSPS) is 17.0. The van der Waals surface area contributed by atoms with Gasteiger partial charge < -0.3 is 20.3 Å². The van der Waals surface area contributed by atoms with Crippen molar-refractivity contribution < 1.29 is 23.1 Å². The van der Waals surface area contributed by atoms with Crippen LogP contribution in [0, 0.1) is 17.0 Å². The van der Waals surface area contributed by atoms with Crippen LogP contribution in [0.4, 0.5) is 19.3 Å². The van der Waals surface area contributed by atoms with Crippen molar-refractivity contribution in [2.75, 3.05) is 31.9 Å². The zero-order chi connectivity index (χ0) is 27.4. The number of hydrogen-bond donors (Lipinski definition) is 1. The van der Waals surface area contributed by atoms with Gasteiger partial charge in [0, 0.05) is 48.7 Å². The average molecular weight is 543 g/mol. The number of nitrogens with two attached hydrogens (primary N) is 1. The molecule has 1 aromatic heterocycles. The van der Waals surface area contributed by atoms with Crippen molar-refractivity contribution >= 4 is 40.1 Å². The fraction of sp³-hybridized carbons (Fsp3) is 0.393. The number of fused-ring (bicyclic) bond motifs is 1. The molecule has 7 nitrogen and oxygen atoms in total. The van der Waals surface area contributed by atoms with Gasteiger partial charge in [-0.25, -0.2) is 13.6 Å². The van der Waals surface area contributed by atoms with Gasteiger partial charge >= 0.3 is 6.09 Å². The SMILES string of the molecule is CC(C)(C)OC(=O)N1CC2(CCN(C(=O)c3cnc(-c4cccc5ccc(F)c(Cl)c45)c(F)c3N)CC2)C1. The molecule has 5 rings (SSSR count). The third-order valence-corrected chi connectivity index (χ3v) is 7.66. The molecule has 3 heterocycles. The molecule has 0 unspecified atom stereocenters. The van der Waals surface area contributed by atoms with E-state index in [1.807, 2.05) is 20.8 Å². The summed E-state index contributed by atoms with van der Waals surface area (Å²) in [5.74, 6) is -1.89. The number of carbonyl (C=O) groups excluding carboxylic acids is 2. The average Bonchev–Trinajstić information content (AvgIpc) is 2.85. The second-order valence-corrected chi connectivity index (χ2v) is 11.5. The highest BCUT2D eigenvalue weighted by molar-refractivity contribution is 6.36. The van der Waals surface area contributed by atoms with E-state index in [9.17, 15) is 14.0 Å². The smallest absolute Gasteiger partial charge is 0.410 e. The number of hydrogen-bond acceptors (Lipinski definition) is 5. The molecule has 38 heavy (non-hydrogen) atoms. The predicted molar refractivity (Wildman–Crippen MR) is 142 cm³/mol. The van der Waals surface area contributed by atoms with Crippen molar-refractivity contribution in [2.24, 2.45) is 5.41 Å². The molecule has 0 atom stereocenters. The molecule has 0 radical (unpaired) electrons. The standard InChI is InChI=1S/C28H29ClF2N4O3/c1-27(2,3)38-26(37)35-14-28(15-35)9-11-34(12-10-28)25(36)18-13-33-24(22(31)23(18)32)17-6-4-5-16-7-8-19(30)21(29)20(16)17/h4-8,13H,9-12,14-15H2,1-3H3,(H2,32,33). The molecule has 3 aromatic rings. The van der Waals surface area contributed by atoms with E-state index < -0.39 is 23.1 Å².